The summed E-state index contributed by atoms with van der Waals surface area (Å²) in [5.74, 6) is 0.190. The minimum atomic E-state index is -1.43. The predicted molar refractivity (Wildman–Crippen MR) is 70.4 cm³/mol. The fourth-order valence-corrected chi connectivity index (χ4v) is 4.00. The van der Waals surface area contributed by atoms with Gasteiger partial charge in [0.05, 0.1) is 18.8 Å². The van der Waals surface area contributed by atoms with Gasteiger partial charge in [-0.05, 0) is 29.9 Å². The van der Waals surface area contributed by atoms with E-state index in [0.717, 1.165) is 12.0 Å². The standard InChI is InChI=1S/C15H22O4/c1-8-4-5-11(16)10-6-12-15(18,9(2)7-19-12)13(17)14(8,10)3/h6,8,11-13,16-18H,2,4-5,7H2,1,3H3. The lowest BCUT2D eigenvalue weighted by Crippen LogP contribution is -2.63. The van der Waals surface area contributed by atoms with Crippen LogP contribution < -0.4 is 0 Å². The summed E-state index contributed by atoms with van der Waals surface area (Å²) in [4.78, 5) is 0. The van der Waals surface area contributed by atoms with E-state index in [1.165, 1.54) is 0 Å². The van der Waals surface area contributed by atoms with Crippen LogP contribution in [0, 0.1) is 11.3 Å². The van der Waals surface area contributed by atoms with Gasteiger partial charge in [0.1, 0.15) is 11.7 Å². The highest BCUT2D eigenvalue weighted by atomic mass is 16.5. The Balaban J connectivity index is 2.16. The molecule has 2 aliphatic carbocycles. The third kappa shape index (κ3) is 1.43. The predicted octanol–water partition coefficient (Wildman–Crippen LogP) is 0.770. The molecule has 0 aromatic heterocycles. The average Bonchev–Trinajstić information content (AvgIpc) is 2.67. The summed E-state index contributed by atoms with van der Waals surface area (Å²) in [6.07, 6.45) is 1.19. The Hall–Kier alpha value is -0.680. The van der Waals surface area contributed by atoms with Gasteiger partial charge >= 0.3 is 0 Å². The van der Waals surface area contributed by atoms with E-state index in [-0.39, 0.29) is 12.5 Å². The summed E-state index contributed by atoms with van der Waals surface area (Å²) >= 11 is 0. The average molecular weight is 266 g/mol. The van der Waals surface area contributed by atoms with Crippen LogP contribution in [0.4, 0.5) is 0 Å². The smallest absolute Gasteiger partial charge is 0.144 e. The van der Waals surface area contributed by atoms with Gasteiger partial charge in [0, 0.05) is 5.41 Å². The van der Waals surface area contributed by atoms with Crippen molar-refractivity contribution in [2.24, 2.45) is 11.3 Å². The number of aliphatic hydroxyl groups is 3. The Morgan fingerprint density at radius 1 is 1.37 bits per heavy atom. The highest BCUT2D eigenvalue weighted by molar-refractivity contribution is 5.40. The number of rotatable bonds is 0. The number of aliphatic hydroxyl groups excluding tert-OH is 2. The van der Waals surface area contributed by atoms with E-state index in [0.29, 0.717) is 12.0 Å². The molecule has 0 aromatic rings. The lowest BCUT2D eigenvalue weighted by atomic mass is 9.54. The normalized spacial score (nSPS) is 53.5. The third-order valence-corrected chi connectivity index (χ3v) is 5.63. The van der Waals surface area contributed by atoms with Crippen molar-refractivity contribution in [2.75, 3.05) is 6.61 Å². The molecule has 3 N–H and O–H groups in total. The minimum Gasteiger partial charge on any atom is -0.389 e. The Bertz CT molecular complexity index is 457. The zero-order valence-corrected chi connectivity index (χ0v) is 11.5. The largest absolute Gasteiger partial charge is 0.389 e. The van der Waals surface area contributed by atoms with Gasteiger partial charge in [0.25, 0.3) is 0 Å². The molecule has 1 aliphatic heterocycles. The zero-order chi connectivity index (χ0) is 14.0. The first-order valence-electron chi connectivity index (χ1n) is 6.93. The molecule has 19 heavy (non-hydrogen) atoms. The van der Waals surface area contributed by atoms with Crippen molar-refractivity contribution >= 4 is 0 Å². The maximum absolute atomic E-state index is 10.9. The van der Waals surface area contributed by atoms with Crippen LogP contribution in [0.25, 0.3) is 0 Å². The van der Waals surface area contributed by atoms with Gasteiger partial charge in [-0.3, -0.25) is 0 Å². The molecule has 1 saturated heterocycles. The van der Waals surface area contributed by atoms with Crippen LogP contribution in [0.15, 0.2) is 23.8 Å². The van der Waals surface area contributed by atoms with E-state index < -0.39 is 29.3 Å². The van der Waals surface area contributed by atoms with Crippen molar-refractivity contribution in [1.29, 1.82) is 0 Å². The van der Waals surface area contributed by atoms with Crippen LogP contribution >= 0.6 is 0 Å². The highest BCUT2D eigenvalue weighted by Crippen LogP contribution is 2.56. The first-order valence-corrected chi connectivity index (χ1v) is 6.93. The monoisotopic (exact) mass is 266 g/mol. The molecule has 0 spiro atoms. The molecule has 106 valence electrons. The lowest BCUT2D eigenvalue weighted by molar-refractivity contribution is -0.156. The van der Waals surface area contributed by atoms with Gasteiger partial charge in [0.15, 0.2) is 0 Å². The molecule has 6 atom stereocenters. The van der Waals surface area contributed by atoms with Gasteiger partial charge < -0.3 is 20.1 Å². The summed E-state index contributed by atoms with van der Waals surface area (Å²) in [5, 5.41) is 31.9. The van der Waals surface area contributed by atoms with E-state index in [2.05, 4.69) is 13.5 Å². The van der Waals surface area contributed by atoms with E-state index in [1.54, 1.807) is 0 Å². The zero-order valence-electron chi connectivity index (χ0n) is 11.5. The van der Waals surface area contributed by atoms with Gasteiger partial charge in [-0.15, -0.1) is 0 Å². The van der Waals surface area contributed by atoms with Gasteiger partial charge in [-0.25, -0.2) is 0 Å². The van der Waals surface area contributed by atoms with E-state index in [9.17, 15) is 15.3 Å². The molecule has 4 heteroatoms. The number of hydrogen-bond donors (Lipinski definition) is 3. The van der Waals surface area contributed by atoms with Crippen LogP contribution in [0.2, 0.25) is 0 Å². The summed E-state index contributed by atoms with van der Waals surface area (Å²) in [6, 6.07) is 0. The molecule has 3 rings (SSSR count). The Kier molecular flexibility index (Phi) is 2.74. The molecular formula is C15H22O4. The van der Waals surface area contributed by atoms with E-state index in [1.807, 2.05) is 13.0 Å². The molecule has 0 aromatic carbocycles. The molecule has 1 heterocycles. The van der Waals surface area contributed by atoms with Gasteiger partial charge in [-0.1, -0.05) is 26.5 Å². The molecule has 1 saturated carbocycles. The first kappa shape index (κ1) is 13.3. The van der Waals surface area contributed by atoms with E-state index >= 15 is 0 Å². The second-order valence-electron chi connectivity index (χ2n) is 6.46. The fourth-order valence-electron chi connectivity index (χ4n) is 4.00. The van der Waals surface area contributed by atoms with Crippen LogP contribution in [0.3, 0.4) is 0 Å². The van der Waals surface area contributed by atoms with Crippen molar-refractivity contribution < 1.29 is 20.1 Å². The molecule has 0 radical (unpaired) electrons. The number of hydrogen-bond acceptors (Lipinski definition) is 4. The molecule has 6 unspecified atom stereocenters. The van der Waals surface area contributed by atoms with Gasteiger partial charge in [-0.2, -0.15) is 0 Å². The summed E-state index contributed by atoms with van der Waals surface area (Å²) < 4.78 is 5.52. The van der Waals surface area contributed by atoms with Crippen LogP contribution in [-0.4, -0.2) is 45.8 Å². The quantitative estimate of drug-likeness (QED) is 0.566. The topological polar surface area (TPSA) is 69.9 Å². The Morgan fingerprint density at radius 3 is 2.74 bits per heavy atom. The number of fused-ring (bicyclic) bond motifs is 2. The van der Waals surface area contributed by atoms with Crippen molar-refractivity contribution in [3.05, 3.63) is 23.8 Å². The lowest BCUT2D eigenvalue weighted by Gasteiger charge is -2.55. The molecular weight excluding hydrogens is 244 g/mol. The van der Waals surface area contributed by atoms with Crippen LogP contribution in [0.1, 0.15) is 26.7 Å². The summed E-state index contributed by atoms with van der Waals surface area (Å²) in [5.41, 5.74) is -0.722. The van der Waals surface area contributed by atoms with Crippen LogP contribution in [0.5, 0.6) is 0 Å². The molecule has 4 nitrogen and oxygen atoms in total. The second-order valence-corrected chi connectivity index (χ2v) is 6.46. The van der Waals surface area contributed by atoms with Crippen molar-refractivity contribution in [2.45, 2.75) is 50.6 Å². The summed E-state index contributed by atoms with van der Waals surface area (Å²) in [7, 11) is 0. The molecule has 3 aliphatic rings. The first-order chi connectivity index (χ1) is 8.82. The van der Waals surface area contributed by atoms with Crippen molar-refractivity contribution in [1.82, 2.24) is 0 Å². The molecule has 2 fully saturated rings. The maximum atomic E-state index is 10.9. The Morgan fingerprint density at radius 2 is 2.05 bits per heavy atom. The highest BCUT2D eigenvalue weighted by Gasteiger charge is 2.63. The summed E-state index contributed by atoms with van der Waals surface area (Å²) in [6.45, 7) is 8.09. The number of ether oxygens (including phenoxy) is 1. The minimum absolute atomic E-state index is 0.190. The Labute approximate surface area is 113 Å². The van der Waals surface area contributed by atoms with Crippen molar-refractivity contribution in [3.8, 4) is 0 Å². The van der Waals surface area contributed by atoms with Gasteiger partial charge in [0.2, 0.25) is 0 Å². The fraction of sp³-hybridized carbons (Fsp3) is 0.733. The van der Waals surface area contributed by atoms with Crippen LogP contribution in [-0.2, 0) is 4.74 Å². The second kappa shape index (κ2) is 3.92. The SMILES string of the molecule is C=C1COC2C=C3C(O)CCC(C)C3(C)C(O)C12O. The van der Waals surface area contributed by atoms with E-state index in [4.69, 9.17) is 4.74 Å². The molecule has 0 amide bonds. The maximum Gasteiger partial charge on any atom is 0.144 e. The third-order valence-electron chi connectivity index (χ3n) is 5.63. The molecule has 0 bridgehead atoms. The van der Waals surface area contributed by atoms with Crippen molar-refractivity contribution in [3.63, 3.8) is 0 Å².